The summed E-state index contributed by atoms with van der Waals surface area (Å²) in [4.78, 5) is -0.297. The van der Waals surface area contributed by atoms with E-state index in [2.05, 4.69) is 10.2 Å². The molecule has 0 aliphatic rings. The number of benzene rings is 2. The van der Waals surface area contributed by atoms with Crippen molar-refractivity contribution >= 4 is 38.8 Å². The van der Waals surface area contributed by atoms with Crippen LogP contribution in [0.25, 0.3) is 0 Å². The van der Waals surface area contributed by atoms with Crippen molar-refractivity contribution < 1.29 is 13.0 Å². The van der Waals surface area contributed by atoms with E-state index in [1.165, 1.54) is 12.1 Å². The fourth-order valence-corrected chi connectivity index (χ4v) is 2.35. The van der Waals surface area contributed by atoms with Crippen molar-refractivity contribution in [1.82, 2.24) is 0 Å². The molecule has 2 rings (SSSR count). The largest absolute Gasteiger partial charge is 0.399 e. The molecule has 0 bridgehead atoms. The van der Waals surface area contributed by atoms with Gasteiger partial charge in [-0.1, -0.05) is 11.6 Å². The highest BCUT2D eigenvalue weighted by atomic mass is 35.5. The first-order chi connectivity index (χ1) is 9.77. The lowest BCUT2D eigenvalue weighted by Crippen LogP contribution is -1.97. The number of halogens is 1. The van der Waals surface area contributed by atoms with Crippen molar-refractivity contribution in [3.8, 4) is 0 Å². The van der Waals surface area contributed by atoms with Crippen molar-refractivity contribution in [3.63, 3.8) is 0 Å². The molecular formula is C13H12ClN3O3S. The molecule has 0 unspecified atom stereocenters. The summed E-state index contributed by atoms with van der Waals surface area (Å²) in [6, 6.07) is 8.85. The molecule has 21 heavy (non-hydrogen) atoms. The van der Waals surface area contributed by atoms with Crippen LogP contribution in [-0.4, -0.2) is 13.0 Å². The third-order valence-corrected chi connectivity index (χ3v) is 3.90. The van der Waals surface area contributed by atoms with E-state index >= 15 is 0 Å². The van der Waals surface area contributed by atoms with Gasteiger partial charge in [0.25, 0.3) is 10.1 Å². The van der Waals surface area contributed by atoms with Crippen molar-refractivity contribution in [2.75, 3.05) is 5.73 Å². The highest BCUT2D eigenvalue weighted by Gasteiger charge is 2.11. The number of nitrogens with two attached hydrogens (primary N) is 1. The van der Waals surface area contributed by atoms with E-state index < -0.39 is 10.1 Å². The molecule has 2 aromatic carbocycles. The molecule has 0 amide bonds. The molecule has 0 aliphatic heterocycles. The van der Waals surface area contributed by atoms with E-state index in [0.717, 1.165) is 11.6 Å². The molecule has 6 nitrogen and oxygen atoms in total. The van der Waals surface area contributed by atoms with Gasteiger partial charge in [-0.2, -0.15) is 13.5 Å². The Labute approximate surface area is 127 Å². The summed E-state index contributed by atoms with van der Waals surface area (Å²) in [5.41, 5.74) is 8.12. The Kier molecular flexibility index (Phi) is 4.26. The van der Waals surface area contributed by atoms with Gasteiger partial charge < -0.3 is 5.73 Å². The zero-order valence-corrected chi connectivity index (χ0v) is 12.6. The summed E-state index contributed by atoms with van der Waals surface area (Å²) in [5.74, 6) is 0. The lowest BCUT2D eigenvalue weighted by molar-refractivity contribution is 0.483. The molecule has 0 radical (unpaired) electrons. The molecule has 8 heteroatoms. The van der Waals surface area contributed by atoms with Crippen LogP contribution in [-0.2, 0) is 10.1 Å². The zero-order valence-electron chi connectivity index (χ0n) is 11.0. The molecule has 0 saturated carbocycles. The number of hydrogen-bond acceptors (Lipinski definition) is 5. The van der Waals surface area contributed by atoms with Gasteiger partial charge in [0.2, 0.25) is 0 Å². The molecule has 0 atom stereocenters. The molecular weight excluding hydrogens is 314 g/mol. The molecule has 0 spiro atoms. The standard InChI is InChI=1S/C13H12ClN3O3S/c1-8-6-9(2-4-12(8)15)16-17-13-5-3-10(7-11(13)14)21(18,19)20/h2-7H,15H2,1H3,(H,18,19,20). The van der Waals surface area contributed by atoms with Gasteiger partial charge >= 0.3 is 0 Å². The second-order valence-electron chi connectivity index (χ2n) is 4.33. The van der Waals surface area contributed by atoms with Crippen LogP contribution in [0.4, 0.5) is 17.1 Å². The maximum absolute atomic E-state index is 11.0. The van der Waals surface area contributed by atoms with Crippen molar-refractivity contribution in [2.45, 2.75) is 11.8 Å². The first-order valence-corrected chi connectivity index (χ1v) is 7.64. The number of rotatable bonds is 3. The molecule has 0 aromatic heterocycles. The van der Waals surface area contributed by atoms with Crippen LogP contribution in [0.5, 0.6) is 0 Å². The van der Waals surface area contributed by atoms with Gasteiger partial charge in [0.05, 0.1) is 15.6 Å². The van der Waals surface area contributed by atoms with Crippen LogP contribution in [0, 0.1) is 6.92 Å². The second-order valence-corrected chi connectivity index (χ2v) is 6.16. The SMILES string of the molecule is Cc1cc(N=Nc2ccc(S(=O)(=O)O)cc2Cl)ccc1N. The highest BCUT2D eigenvalue weighted by Crippen LogP contribution is 2.29. The van der Waals surface area contributed by atoms with E-state index in [0.29, 0.717) is 17.1 Å². The Balaban J connectivity index is 2.31. The van der Waals surface area contributed by atoms with Gasteiger partial charge in [-0.3, -0.25) is 4.55 Å². The van der Waals surface area contributed by atoms with E-state index in [4.69, 9.17) is 21.9 Å². The third kappa shape index (κ3) is 3.78. The predicted molar refractivity (Wildman–Crippen MR) is 81.0 cm³/mol. The lowest BCUT2D eigenvalue weighted by atomic mass is 10.2. The smallest absolute Gasteiger partial charge is 0.294 e. The summed E-state index contributed by atoms with van der Waals surface area (Å²) in [5, 5.41) is 8.02. The normalized spacial score (nSPS) is 12.0. The van der Waals surface area contributed by atoms with Crippen molar-refractivity contribution in [3.05, 3.63) is 47.0 Å². The minimum absolute atomic E-state index is 0.0704. The van der Waals surface area contributed by atoms with Gasteiger partial charge in [-0.05, 0) is 48.9 Å². The maximum Gasteiger partial charge on any atom is 0.294 e. The van der Waals surface area contributed by atoms with E-state index in [9.17, 15) is 8.42 Å². The van der Waals surface area contributed by atoms with Gasteiger partial charge in [0.1, 0.15) is 5.69 Å². The molecule has 3 N–H and O–H groups in total. The minimum atomic E-state index is -4.29. The third-order valence-electron chi connectivity index (χ3n) is 2.74. The zero-order chi connectivity index (χ0) is 15.6. The topological polar surface area (TPSA) is 105 Å². The summed E-state index contributed by atoms with van der Waals surface area (Å²) in [6.07, 6.45) is 0. The second kappa shape index (κ2) is 5.80. The van der Waals surface area contributed by atoms with Crippen LogP contribution >= 0.6 is 11.6 Å². The average molecular weight is 326 g/mol. The Hall–Kier alpha value is -1.96. The van der Waals surface area contributed by atoms with E-state index in [-0.39, 0.29) is 9.92 Å². The van der Waals surface area contributed by atoms with Crippen LogP contribution in [0.2, 0.25) is 5.02 Å². The number of hydrogen-bond donors (Lipinski definition) is 2. The summed E-state index contributed by atoms with van der Waals surface area (Å²) in [6.45, 7) is 1.85. The number of anilines is 1. The van der Waals surface area contributed by atoms with Gasteiger partial charge in [0, 0.05) is 5.69 Å². The lowest BCUT2D eigenvalue weighted by Gasteiger charge is -2.01. The summed E-state index contributed by atoms with van der Waals surface area (Å²) >= 11 is 5.91. The Bertz CT molecular complexity index is 819. The van der Waals surface area contributed by atoms with Crippen LogP contribution < -0.4 is 5.73 Å². The molecule has 0 saturated heterocycles. The Morgan fingerprint density at radius 3 is 2.43 bits per heavy atom. The fraction of sp³-hybridized carbons (Fsp3) is 0.0769. The van der Waals surface area contributed by atoms with Gasteiger partial charge in [-0.25, -0.2) is 0 Å². The van der Waals surface area contributed by atoms with Gasteiger partial charge in [-0.15, -0.1) is 5.11 Å². The predicted octanol–water partition coefficient (Wildman–Crippen LogP) is 3.89. The summed E-state index contributed by atoms with van der Waals surface area (Å²) in [7, 11) is -4.29. The Morgan fingerprint density at radius 2 is 1.86 bits per heavy atom. The minimum Gasteiger partial charge on any atom is -0.399 e. The molecule has 0 aliphatic carbocycles. The quantitative estimate of drug-likeness (QED) is 0.507. The van der Waals surface area contributed by atoms with E-state index in [1.54, 1.807) is 18.2 Å². The molecule has 0 fully saturated rings. The monoisotopic (exact) mass is 325 g/mol. The molecule has 110 valence electrons. The Morgan fingerprint density at radius 1 is 1.14 bits per heavy atom. The average Bonchev–Trinajstić information content (AvgIpc) is 2.40. The van der Waals surface area contributed by atoms with Crippen LogP contribution in [0.1, 0.15) is 5.56 Å². The van der Waals surface area contributed by atoms with Crippen molar-refractivity contribution in [2.24, 2.45) is 10.2 Å². The molecule has 2 aromatic rings. The first kappa shape index (κ1) is 15.4. The van der Waals surface area contributed by atoms with Crippen molar-refractivity contribution in [1.29, 1.82) is 0 Å². The first-order valence-electron chi connectivity index (χ1n) is 5.82. The number of aryl methyl sites for hydroxylation is 1. The highest BCUT2D eigenvalue weighted by molar-refractivity contribution is 7.85. The molecule has 0 heterocycles. The van der Waals surface area contributed by atoms with Gasteiger partial charge in [0.15, 0.2) is 0 Å². The van der Waals surface area contributed by atoms with E-state index in [1.807, 2.05) is 6.92 Å². The van der Waals surface area contributed by atoms with Crippen LogP contribution in [0.3, 0.4) is 0 Å². The fourth-order valence-electron chi connectivity index (χ4n) is 1.56. The number of nitrogen functional groups attached to an aromatic ring is 1. The summed E-state index contributed by atoms with van der Waals surface area (Å²) < 4.78 is 30.9. The number of nitrogens with zero attached hydrogens (tertiary/aromatic N) is 2. The van der Waals surface area contributed by atoms with Crippen LogP contribution in [0.15, 0.2) is 51.5 Å². The maximum atomic E-state index is 11.0. The number of azo groups is 1.